The molecule has 0 radical (unpaired) electrons. The van der Waals surface area contributed by atoms with E-state index >= 15 is 0 Å². The maximum absolute atomic E-state index is 10.7. The number of nitrogens with two attached hydrogens (primary N) is 1. The quantitative estimate of drug-likeness (QED) is 0.653. The number of anilines is 1. The number of aromatic nitrogens is 3. The summed E-state index contributed by atoms with van der Waals surface area (Å²) in [7, 11) is 0. The second kappa shape index (κ2) is 6.48. The van der Waals surface area contributed by atoms with Crippen LogP contribution in [0, 0.1) is 0 Å². The van der Waals surface area contributed by atoms with Gasteiger partial charge in [0.15, 0.2) is 4.34 Å². The molecule has 100 valence electrons. The van der Waals surface area contributed by atoms with E-state index in [1.807, 2.05) is 12.1 Å². The zero-order valence-electron chi connectivity index (χ0n) is 10.2. The lowest BCUT2D eigenvalue weighted by Crippen LogP contribution is -2.18. The predicted octanol–water partition coefficient (Wildman–Crippen LogP) is 2.67. The van der Waals surface area contributed by atoms with Gasteiger partial charge >= 0.3 is 6.03 Å². The van der Waals surface area contributed by atoms with Gasteiger partial charge < -0.3 is 5.73 Å². The standard InChI is InChI=1S/C11H13N5OS2/c1-2-8(7-3-5-13-6-4-7)18-11-16-15-10(19-11)14-9(12)17/h3-6,8H,2H2,1H3,(H3,12,14,15,17). The molecular weight excluding hydrogens is 282 g/mol. The number of carbonyl (C=O) groups is 1. The molecule has 6 nitrogen and oxygen atoms in total. The monoisotopic (exact) mass is 295 g/mol. The molecule has 2 heterocycles. The number of amides is 2. The number of nitrogens with one attached hydrogen (secondary N) is 1. The van der Waals surface area contributed by atoms with Gasteiger partial charge in [-0.3, -0.25) is 10.3 Å². The van der Waals surface area contributed by atoms with Crippen LogP contribution in [0.4, 0.5) is 9.93 Å². The molecule has 3 N–H and O–H groups in total. The predicted molar refractivity (Wildman–Crippen MR) is 76.2 cm³/mol. The average molecular weight is 295 g/mol. The lowest BCUT2D eigenvalue weighted by atomic mass is 10.1. The van der Waals surface area contributed by atoms with Crippen LogP contribution in [0.1, 0.15) is 24.2 Å². The molecule has 0 aliphatic rings. The zero-order valence-corrected chi connectivity index (χ0v) is 11.9. The van der Waals surface area contributed by atoms with Gasteiger partial charge in [0.25, 0.3) is 0 Å². The van der Waals surface area contributed by atoms with Crippen molar-refractivity contribution in [2.75, 3.05) is 5.32 Å². The minimum atomic E-state index is -0.631. The molecule has 0 aliphatic carbocycles. The van der Waals surface area contributed by atoms with E-state index in [4.69, 9.17) is 5.73 Å². The summed E-state index contributed by atoms with van der Waals surface area (Å²) in [5.74, 6) is 0. The van der Waals surface area contributed by atoms with Crippen LogP contribution in [0.2, 0.25) is 0 Å². The Morgan fingerprint density at radius 1 is 1.47 bits per heavy atom. The van der Waals surface area contributed by atoms with E-state index in [0.29, 0.717) is 5.13 Å². The van der Waals surface area contributed by atoms with Crippen molar-refractivity contribution >= 4 is 34.3 Å². The van der Waals surface area contributed by atoms with E-state index in [1.165, 1.54) is 16.9 Å². The number of nitrogens with zero attached hydrogens (tertiary/aromatic N) is 3. The van der Waals surface area contributed by atoms with Crippen molar-refractivity contribution in [1.82, 2.24) is 15.2 Å². The highest BCUT2D eigenvalue weighted by atomic mass is 32.2. The molecule has 1 atom stereocenters. The minimum Gasteiger partial charge on any atom is -0.351 e. The first-order valence-corrected chi connectivity index (χ1v) is 7.35. The number of carbonyl (C=O) groups excluding carboxylic acids is 1. The first-order chi connectivity index (χ1) is 9.19. The van der Waals surface area contributed by atoms with E-state index in [2.05, 4.69) is 27.4 Å². The van der Waals surface area contributed by atoms with Crippen molar-refractivity contribution in [2.24, 2.45) is 5.73 Å². The highest BCUT2D eigenvalue weighted by molar-refractivity contribution is 8.01. The number of hydrogen-bond donors (Lipinski definition) is 2. The second-order valence-electron chi connectivity index (χ2n) is 3.66. The highest BCUT2D eigenvalue weighted by Gasteiger charge is 2.14. The number of primary amides is 1. The smallest absolute Gasteiger partial charge is 0.318 e. The van der Waals surface area contributed by atoms with Crippen LogP contribution in [0.15, 0.2) is 28.9 Å². The summed E-state index contributed by atoms with van der Waals surface area (Å²) >= 11 is 2.93. The lowest BCUT2D eigenvalue weighted by molar-refractivity contribution is 0.259. The average Bonchev–Trinajstić information content (AvgIpc) is 2.83. The Labute approximate surface area is 118 Å². The van der Waals surface area contributed by atoms with Gasteiger partial charge in [0.2, 0.25) is 5.13 Å². The third kappa shape index (κ3) is 3.90. The summed E-state index contributed by atoms with van der Waals surface area (Å²) in [5, 5.41) is 11.0. The lowest BCUT2D eigenvalue weighted by Gasteiger charge is -2.11. The number of pyridine rings is 1. The van der Waals surface area contributed by atoms with Crippen LogP contribution in [0.25, 0.3) is 0 Å². The molecule has 0 spiro atoms. The van der Waals surface area contributed by atoms with Crippen LogP contribution < -0.4 is 11.1 Å². The van der Waals surface area contributed by atoms with Gasteiger partial charge in [-0.1, -0.05) is 30.0 Å². The fraction of sp³-hybridized carbons (Fsp3) is 0.273. The Kier molecular flexibility index (Phi) is 4.69. The van der Waals surface area contributed by atoms with E-state index in [-0.39, 0.29) is 5.25 Å². The van der Waals surface area contributed by atoms with Crippen LogP contribution in [0.5, 0.6) is 0 Å². The molecule has 0 aromatic carbocycles. The molecular formula is C11H13N5OS2. The maximum atomic E-state index is 10.7. The van der Waals surface area contributed by atoms with Crippen molar-refractivity contribution in [1.29, 1.82) is 0 Å². The van der Waals surface area contributed by atoms with Gasteiger partial charge in [-0.2, -0.15) is 0 Å². The zero-order chi connectivity index (χ0) is 13.7. The van der Waals surface area contributed by atoms with Crippen LogP contribution in [-0.2, 0) is 0 Å². The largest absolute Gasteiger partial charge is 0.351 e. The number of hydrogen-bond acceptors (Lipinski definition) is 6. The Balaban J connectivity index is 2.06. The Hall–Kier alpha value is -1.67. The highest BCUT2D eigenvalue weighted by Crippen LogP contribution is 2.39. The van der Waals surface area contributed by atoms with Gasteiger partial charge in [-0.25, -0.2) is 4.79 Å². The van der Waals surface area contributed by atoms with Crippen molar-refractivity contribution in [3.05, 3.63) is 30.1 Å². The molecule has 0 bridgehead atoms. The molecule has 2 amide bonds. The molecule has 8 heteroatoms. The van der Waals surface area contributed by atoms with E-state index < -0.39 is 6.03 Å². The SMILES string of the molecule is CCC(Sc1nnc(NC(N)=O)s1)c1ccncc1. The topological polar surface area (TPSA) is 93.8 Å². The molecule has 2 aromatic rings. The van der Waals surface area contributed by atoms with Gasteiger partial charge in [-0.15, -0.1) is 10.2 Å². The van der Waals surface area contributed by atoms with E-state index in [9.17, 15) is 4.79 Å². The second-order valence-corrected chi connectivity index (χ2v) is 6.09. The number of urea groups is 1. The fourth-order valence-electron chi connectivity index (χ4n) is 1.50. The molecule has 19 heavy (non-hydrogen) atoms. The molecule has 0 fully saturated rings. The minimum absolute atomic E-state index is 0.289. The summed E-state index contributed by atoms with van der Waals surface area (Å²) in [4.78, 5) is 14.7. The molecule has 1 unspecified atom stereocenters. The van der Waals surface area contributed by atoms with Crippen LogP contribution in [0.3, 0.4) is 0 Å². The number of thioether (sulfide) groups is 1. The Morgan fingerprint density at radius 3 is 2.84 bits per heavy atom. The maximum Gasteiger partial charge on any atom is 0.318 e. The molecule has 2 rings (SSSR count). The summed E-state index contributed by atoms with van der Waals surface area (Å²) in [6.45, 7) is 2.11. The fourth-order valence-corrected chi connectivity index (χ4v) is 3.55. The van der Waals surface area contributed by atoms with Crippen molar-refractivity contribution in [3.8, 4) is 0 Å². The van der Waals surface area contributed by atoms with E-state index in [1.54, 1.807) is 24.2 Å². The molecule has 2 aromatic heterocycles. The van der Waals surface area contributed by atoms with E-state index in [0.717, 1.165) is 10.8 Å². The number of rotatable bonds is 5. The first-order valence-electron chi connectivity index (χ1n) is 5.65. The van der Waals surface area contributed by atoms with Crippen molar-refractivity contribution in [2.45, 2.75) is 22.9 Å². The molecule has 0 aliphatic heterocycles. The third-order valence-corrected chi connectivity index (χ3v) is 4.67. The Morgan fingerprint density at radius 2 is 2.21 bits per heavy atom. The van der Waals surface area contributed by atoms with Gasteiger partial charge in [0.1, 0.15) is 0 Å². The van der Waals surface area contributed by atoms with Crippen molar-refractivity contribution < 1.29 is 4.79 Å². The third-order valence-electron chi connectivity index (χ3n) is 2.33. The van der Waals surface area contributed by atoms with Crippen LogP contribution >= 0.6 is 23.1 Å². The Bertz CT molecular complexity index is 545. The summed E-state index contributed by atoms with van der Waals surface area (Å²) in [6.07, 6.45) is 4.52. The van der Waals surface area contributed by atoms with Crippen molar-refractivity contribution in [3.63, 3.8) is 0 Å². The first kappa shape index (κ1) is 13.8. The van der Waals surface area contributed by atoms with Gasteiger partial charge in [0.05, 0.1) is 0 Å². The van der Waals surface area contributed by atoms with Gasteiger partial charge in [0, 0.05) is 17.6 Å². The summed E-state index contributed by atoms with van der Waals surface area (Å²) in [5.41, 5.74) is 6.22. The van der Waals surface area contributed by atoms with Gasteiger partial charge in [-0.05, 0) is 24.1 Å². The summed E-state index contributed by atoms with van der Waals surface area (Å²) < 4.78 is 0.799. The van der Waals surface area contributed by atoms with Crippen LogP contribution in [-0.4, -0.2) is 21.2 Å². The molecule has 0 saturated carbocycles. The molecule has 0 saturated heterocycles. The summed E-state index contributed by atoms with van der Waals surface area (Å²) in [6, 6.07) is 3.35. The normalized spacial score (nSPS) is 12.1.